The molecule has 0 aliphatic carbocycles. The molecule has 0 atom stereocenters. The first-order chi connectivity index (χ1) is 9.17. The zero-order valence-electron chi connectivity index (χ0n) is 11.3. The van der Waals surface area contributed by atoms with Gasteiger partial charge in [0, 0.05) is 18.0 Å². The predicted octanol–water partition coefficient (Wildman–Crippen LogP) is 4.66. The van der Waals surface area contributed by atoms with E-state index in [-0.39, 0.29) is 5.82 Å². The molecule has 0 amide bonds. The van der Waals surface area contributed by atoms with Gasteiger partial charge < -0.3 is 0 Å². The Hall–Kier alpha value is -1.32. The highest BCUT2D eigenvalue weighted by atomic mass is 32.2. The number of rotatable bonds is 5. The lowest BCUT2D eigenvalue weighted by Gasteiger charge is -2.19. The maximum atomic E-state index is 12.9. The molecule has 2 rings (SSSR count). The zero-order valence-corrected chi connectivity index (χ0v) is 12.1. The van der Waals surface area contributed by atoms with E-state index in [0.29, 0.717) is 0 Å². The average Bonchev–Trinajstić information content (AvgIpc) is 2.43. The van der Waals surface area contributed by atoms with Crippen molar-refractivity contribution < 1.29 is 4.39 Å². The minimum absolute atomic E-state index is 0.182. The Labute approximate surface area is 118 Å². The van der Waals surface area contributed by atoms with E-state index >= 15 is 0 Å². The molecule has 0 spiro atoms. The van der Waals surface area contributed by atoms with Crippen molar-refractivity contribution in [3.05, 3.63) is 65.5 Å². The molecule has 2 aromatic carbocycles. The van der Waals surface area contributed by atoms with Crippen LogP contribution in [-0.4, -0.2) is 10.8 Å². The molecule has 0 aromatic heterocycles. The summed E-state index contributed by atoms with van der Waals surface area (Å²) in [4.78, 5) is 1.23. The molecule has 0 fully saturated rings. The van der Waals surface area contributed by atoms with Crippen LogP contribution < -0.4 is 0 Å². The van der Waals surface area contributed by atoms with E-state index in [1.54, 1.807) is 11.9 Å². The fraction of sp³-hybridized carbons (Fsp3) is 0.250. The molecule has 100 valence electrons. The molecule has 1 nitrogen and oxygen atoms in total. The van der Waals surface area contributed by atoms with Gasteiger partial charge in [-0.05, 0) is 48.7 Å². The van der Waals surface area contributed by atoms with E-state index in [1.165, 1.54) is 22.6 Å². The van der Waals surface area contributed by atoms with Crippen LogP contribution in [-0.2, 0) is 6.54 Å². The van der Waals surface area contributed by atoms with Crippen molar-refractivity contribution in [1.82, 2.24) is 4.31 Å². The largest absolute Gasteiger partial charge is 0.242 e. The monoisotopic (exact) mass is 275 g/mol. The van der Waals surface area contributed by atoms with Gasteiger partial charge in [0.05, 0.1) is 0 Å². The molecule has 3 heteroatoms. The number of hydrogen-bond donors (Lipinski definition) is 0. The van der Waals surface area contributed by atoms with Crippen LogP contribution in [0.15, 0.2) is 53.4 Å². The van der Waals surface area contributed by atoms with Gasteiger partial charge in [-0.15, -0.1) is 0 Å². The van der Waals surface area contributed by atoms with Crippen molar-refractivity contribution in [3.8, 4) is 0 Å². The summed E-state index contributed by atoms with van der Waals surface area (Å²) in [5, 5.41) is 0. The van der Waals surface area contributed by atoms with E-state index in [9.17, 15) is 4.39 Å². The van der Waals surface area contributed by atoms with E-state index in [1.807, 2.05) is 12.1 Å². The second-order valence-corrected chi connectivity index (χ2v) is 5.66. The van der Waals surface area contributed by atoms with Gasteiger partial charge in [0.2, 0.25) is 0 Å². The summed E-state index contributed by atoms with van der Waals surface area (Å²) < 4.78 is 15.1. The van der Waals surface area contributed by atoms with Crippen LogP contribution in [0.3, 0.4) is 0 Å². The third-order valence-electron chi connectivity index (χ3n) is 2.88. The molecule has 19 heavy (non-hydrogen) atoms. The summed E-state index contributed by atoms with van der Waals surface area (Å²) in [6.45, 7) is 5.97. The summed E-state index contributed by atoms with van der Waals surface area (Å²) in [5.74, 6) is -0.182. The summed E-state index contributed by atoms with van der Waals surface area (Å²) in [5.41, 5.74) is 2.40. The molecule has 0 N–H and O–H groups in total. The molecular weight excluding hydrogens is 257 g/mol. The second-order valence-electron chi connectivity index (χ2n) is 4.49. The predicted molar refractivity (Wildman–Crippen MR) is 79.5 cm³/mol. The van der Waals surface area contributed by atoms with Gasteiger partial charge in [-0.2, -0.15) is 0 Å². The first-order valence-electron chi connectivity index (χ1n) is 6.41. The topological polar surface area (TPSA) is 3.24 Å². The van der Waals surface area contributed by atoms with Crippen molar-refractivity contribution in [2.24, 2.45) is 0 Å². The van der Waals surface area contributed by atoms with Gasteiger partial charge >= 0.3 is 0 Å². The Balaban J connectivity index is 2.00. The van der Waals surface area contributed by atoms with Gasteiger partial charge in [-0.25, -0.2) is 8.70 Å². The third-order valence-corrected chi connectivity index (χ3v) is 4.01. The van der Waals surface area contributed by atoms with Crippen LogP contribution in [0.5, 0.6) is 0 Å². The third kappa shape index (κ3) is 4.37. The first kappa shape index (κ1) is 14.1. The standard InChI is InChI=1S/C16H18FNS/c1-3-18(12-14-6-8-15(17)9-7-14)19-16-10-4-13(2)5-11-16/h4-11H,3,12H2,1-2H3. The summed E-state index contributed by atoms with van der Waals surface area (Å²) >= 11 is 1.74. The molecule has 0 unspecified atom stereocenters. The van der Waals surface area contributed by atoms with E-state index in [4.69, 9.17) is 0 Å². The molecular formula is C16H18FNS. The van der Waals surface area contributed by atoms with E-state index in [0.717, 1.165) is 18.7 Å². The first-order valence-corrected chi connectivity index (χ1v) is 7.18. The highest BCUT2D eigenvalue weighted by Crippen LogP contribution is 2.24. The molecule has 0 radical (unpaired) electrons. The van der Waals surface area contributed by atoms with Gasteiger partial charge in [0.15, 0.2) is 0 Å². The fourth-order valence-corrected chi connectivity index (χ4v) is 2.65. The minimum Gasteiger partial charge on any atom is -0.242 e. The Morgan fingerprint density at radius 3 is 2.21 bits per heavy atom. The van der Waals surface area contributed by atoms with Gasteiger partial charge in [-0.3, -0.25) is 0 Å². The van der Waals surface area contributed by atoms with Crippen LogP contribution in [0.4, 0.5) is 4.39 Å². The lowest BCUT2D eigenvalue weighted by atomic mass is 10.2. The minimum atomic E-state index is -0.182. The fourth-order valence-electron chi connectivity index (χ4n) is 1.75. The van der Waals surface area contributed by atoms with Crippen molar-refractivity contribution in [1.29, 1.82) is 0 Å². The summed E-state index contributed by atoms with van der Waals surface area (Å²) in [6.07, 6.45) is 0. The normalized spacial score (nSPS) is 10.9. The number of aryl methyl sites for hydroxylation is 1. The van der Waals surface area contributed by atoms with Gasteiger partial charge in [-0.1, -0.05) is 36.8 Å². The quantitative estimate of drug-likeness (QED) is 0.730. The Kier molecular flexibility index (Phi) is 5.00. The average molecular weight is 275 g/mol. The van der Waals surface area contributed by atoms with Crippen LogP contribution >= 0.6 is 11.9 Å². The van der Waals surface area contributed by atoms with Crippen molar-refractivity contribution >= 4 is 11.9 Å². The number of hydrogen-bond acceptors (Lipinski definition) is 2. The smallest absolute Gasteiger partial charge is 0.123 e. The van der Waals surface area contributed by atoms with Crippen LogP contribution in [0.25, 0.3) is 0 Å². The lowest BCUT2D eigenvalue weighted by molar-refractivity contribution is 0.492. The van der Waals surface area contributed by atoms with Crippen LogP contribution in [0.2, 0.25) is 0 Å². The van der Waals surface area contributed by atoms with E-state index in [2.05, 4.69) is 42.4 Å². The zero-order chi connectivity index (χ0) is 13.7. The SMILES string of the molecule is CCN(Cc1ccc(F)cc1)Sc1ccc(C)cc1. The summed E-state index contributed by atoms with van der Waals surface area (Å²) in [6, 6.07) is 15.2. The molecule has 0 bridgehead atoms. The second kappa shape index (κ2) is 6.73. The summed E-state index contributed by atoms with van der Waals surface area (Å²) in [7, 11) is 0. The molecule has 0 aliphatic heterocycles. The lowest BCUT2D eigenvalue weighted by Crippen LogP contribution is -2.14. The molecule has 0 heterocycles. The molecule has 2 aromatic rings. The maximum Gasteiger partial charge on any atom is 0.123 e. The van der Waals surface area contributed by atoms with Crippen molar-refractivity contribution in [2.75, 3.05) is 6.54 Å². The highest BCUT2D eigenvalue weighted by molar-refractivity contribution is 7.97. The number of halogens is 1. The van der Waals surface area contributed by atoms with E-state index < -0.39 is 0 Å². The van der Waals surface area contributed by atoms with Gasteiger partial charge in [0.1, 0.15) is 5.82 Å². The number of nitrogens with zero attached hydrogens (tertiary/aromatic N) is 1. The van der Waals surface area contributed by atoms with Crippen LogP contribution in [0.1, 0.15) is 18.1 Å². The molecule has 0 aliphatic rings. The van der Waals surface area contributed by atoms with Crippen molar-refractivity contribution in [3.63, 3.8) is 0 Å². The van der Waals surface area contributed by atoms with Crippen molar-refractivity contribution in [2.45, 2.75) is 25.3 Å². The molecule has 0 saturated carbocycles. The maximum absolute atomic E-state index is 12.9. The number of benzene rings is 2. The van der Waals surface area contributed by atoms with Crippen LogP contribution in [0, 0.1) is 12.7 Å². The van der Waals surface area contributed by atoms with Gasteiger partial charge in [0.25, 0.3) is 0 Å². The Morgan fingerprint density at radius 1 is 1.00 bits per heavy atom. The Morgan fingerprint density at radius 2 is 1.63 bits per heavy atom. The highest BCUT2D eigenvalue weighted by Gasteiger charge is 2.06. The Bertz CT molecular complexity index is 460. The molecule has 0 saturated heterocycles.